The molecule has 18 heavy (non-hydrogen) atoms. The molecule has 6 nitrogen and oxygen atoms in total. The van der Waals surface area contributed by atoms with Gasteiger partial charge < -0.3 is 10.4 Å². The number of aliphatic carboxylic acids is 1. The van der Waals surface area contributed by atoms with Gasteiger partial charge in [-0.2, -0.15) is 10.1 Å². The van der Waals surface area contributed by atoms with Gasteiger partial charge in [0, 0.05) is 0 Å². The number of aromatic nitrogens is 3. The molecule has 1 aromatic carbocycles. The van der Waals surface area contributed by atoms with Gasteiger partial charge >= 0.3 is 5.97 Å². The van der Waals surface area contributed by atoms with E-state index in [0.29, 0.717) is 5.95 Å². The zero-order valence-corrected chi connectivity index (χ0v) is 9.32. The van der Waals surface area contributed by atoms with E-state index in [2.05, 4.69) is 15.4 Å². The number of hydrogen-bond donors (Lipinski definition) is 2. The topological polar surface area (TPSA) is 80.0 Å². The molecule has 1 aromatic heterocycles. The van der Waals surface area contributed by atoms with Gasteiger partial charge in [-0.3, -0.25) is 0 Å². The van der Waals surface area contributed by atoms with Crippen LogP contribution >= 0.6 is 0 Å². The van der Waals surface area contributed by atoms with Crippen molar-refractivity contribution in [3.63, 3.8) is 0 Å². The quantitative estimate of drug-likeness (QED) is 0.828. The van der Waals surface area contributed by atoms with Gasteiger partial charge in [-0.25, -0.2) is 9.48 Å². The average molecular weight is 242 g/mol. The first kappa shape index (κ1) is 10.5. The van der Waals surface area contributed by atoms with Crippen LogP contribution in [0.25, 0.3) is 0 Å². The molecule has 0 unspecified atom stereocenters. The first-order valence-electron chi connectivity index (χ1n) is 5.42. The van der Waals surface area contributed by atoms with Crippen molar-refractivity contribution in [2.45, 2.75) is 6.04 Å². The van der Waals surface area contributed by atoms with Crippen LogP contribution in [0.3, 0.4) is 0 Å². The number of carboxylic acids is 1. The molecule has 90 valence electrons. The maximum absolute atomic E-state index is 11.1. The molecule has 1 aliphatic rings. The van der Waals surface area contributed by atoms with Gasteiger partial charge in [-0.1, -0.05) is 30.3 Å². The van der Waals surface area contributed by atoms with Crippen molar-refractivity contribution in [1.82, 2.24) is 14.8 Å². The Morgan fingerprint density at radius 1 is 1.33 bits per heavy atom. The third-order valence-electron chi connectivity index (χ3n) is 2.78. The van der Waals surface area contributed by atoms with Crippen molar-refractivity contribution in [2.24, 2.45) is 0 Å². The van der Waals surface area contributed by atoms with Crippen molar-refractivity contribution in [1.29, 1.82) is 0 Å². The van der Waals surface area contributed by atoms with Gasteiger partial charge in [0.25, 0.3) is 0 Å². The van der Waals surface area contributed by atoms with Crippen LogP contribution in [0.1, 0.15) is 11.6 Å². The number of nitrogens with zero attached hydrogens (tertiary/aromatic N) is 3. The molecule has 2 aromatic rings. The summed E-state index contributed by atoms with van der Waals surface area (Å²) in [5.74, 6) is -0.575. The number of allylic oxidation sites excluding steroid dienone is 1. The van der Waals surface area contributed by atoms with Gasteiger partial charge in [0.05, 0.1) is 0 Å². The molecule has 0 spiro atoms. The minimum Gasteiger partial charge on any atom is -0.477 e. The van der Waals surface area contributed by atoms with E-state index in [1.807, 2.05) is 30.3 Å². The van der Waals surface area contributed by atoms with Gasteiger partial charge in [-0.05, 0) is 11.6 Å². The van der Waals surface area contributed by atoms with Crippen LogP contribution in [-0.4, -0.2) is 25.8 Å². The van der Waals surface area contributed by atoms with E-state index >= 15 is 0 Å². The summed E-state index contributed by atoms with van der Waals surface area (Å²) in [5, 5.41) is 15.9. The van der Waals surface area contributed by atoms with Crippen molar-refractivity contribution < 1.29 is 9.90 Å². The maximum atomic E-state index is 11.1. The van der Waals surface area contributed by atoms with Gasteiger partial charge in [0.2, 0.25) is 5.95 Å². The molecule has 0 saturated carbocycles. The smallest absolute Gasteiger partial charge is 0.352 e. The molecule has 1 aliphatic heterocycles. The Morgan fingerprint density at radius 3 is 2.83 bits per heavy atom. The first-order chi connectivity index (χ1) is 8.75. The third-order valence-corrected chi connectivity index (χ3v) is 2.78. The second-order valence-electron chi connectivity index (χ2n) is 3.89. The zero-order chi connectivity index (χ0) is 12.5. The fraction of sp³-hybridized carbons (Fsp3) is 0.0833. The molecule has 0 bridgehead atoms. The molecule has 0 amide bonds. The van der Waals surface area contributed by atoms with Gasteiger partial charge in [-0.15, -0.1) is 0 Å². The monoisotopic (exact) mass is 242 g/mol. The summed E-state index contributed by atoms with van der Waals surface area (Å²) in [6.07, 6.45) is 3.02. The molecule has 2 heterocycles. The van der Waals surface area contributed by atoms with E-state index in [1.54, 1.807) is 10.8 Å². The Bertz CT molecular complexity index is 618. The van der Waals surface area contributed by atoms with E-state index in [1.165, 1.54) is 6.33 Å². The SMILES string of the molecule is O=C(O)C1=C[C@@H](c2ccccc2)n2ncnc2N1. The van der Waals surface area contributed by atoms with Gasteiger partial charge in [0.15, 0.2) is 0 Å². The molecule has 0 radical (unpaired) electrons. The number of hydrogen-bond acceptors (Lipinski definition) is 4. The Balaban J connectivity index is 2.10. The van der Waals surface area contributed by atoms with Crippen LogP contribution in [0.4, 0.5) is 5.95 Å². The van der Waals surface area contributed by atoms with Crippen LogP contribution in [0, 0.1) is 0 Å². The van der Waals surface area contributed by atoms with E-state index in [0.717, 1.165) is 5.56 Å². The van der Waals surface area contributed by atoms with Crippen LogP contribution in [0.15, 0.2) is 48.4 Å². The summed E-state index contributed by atoms with van der Waals surface area (Å²) in [6, 6.07) is 9.32. The Kier molecular flexibility index (Phi) is 2.33. The second kappa shape index (κ2) is 3.99. The number of nitrogens with one attached hydrogen (secondary N) is 1. The predicted octanol–water partition coefficient (Wildman–Crippen LogP) is 1.26. The minimum atomic E-state index is -1.01. The number of carboxylic acid groups (broad SMARTS) is 1. The fourth-order valence-electron chi connectivity index (χ4n) is 1.95. The summed E-state index contributed by atoms with van der Waals surface area (Å²) in [7, 11) is 0. The molecule has 0 aliphatic carbocycles. The van der Waals surface area contributed by atoms with Gasteiger partial charge in [0.1, 0.15) is 18.1 Å². The molecule has 6 heteroatoms. The summed E-state index contributed by atoms with van der Waals surface area (Å²) in [4.78, 5) is 15.1. The van der Waals surface area contributed by atoms with Crippen molar-refractivity contribution in [2.75, 3.05) is 5.32 Å². The highest BCUT2D eigenvalue weighted by molar-refractivity contribution is 5.90. The Morgan fingerprint density at radius 2 is 2.11 bits per heavy atom. The zero-order valence-electron chi connectivity index (χ0n) is 9.32. The van der Waals surface area contributed by atoms with Crippen LogP contribution in [0.2, 0.25) is 0 Å². The highest BCUT2D eigenvalue weighted by Crippen LogP contribution is 2.27. The number of fused-ring (bicyclic) bond motifs is 1. The number of benzene rings is 1. The predicted molar refractivity (Wildman–Crippen MR) is 63.9 cm³/mol. The van der Waals surface area contributed by atoms with E-state index < -0.39 is 5.97 Å². The Hall–Kier alpha value is -2.63. The molecule has 0 fully saturated rings. The minimum absolute atomic E-state index is 0.115. The molecular weight excluding hydrogens is 232 g/mol. The second-order valence-corrected chi connectivity index (χ2v) is 3.89. The highest BCUT2D eigenvalue weighted by atomic mass is 16.4. The number of carbonyl (C=O) groups is 1. The van der Waals surface area contributed by atoms with Crippen molar-refractivity contribution in [3.8, 4) is 0 Å². The summed E-state index contributed by atoms with van der Waals surface area (Å²) >= 11 is 0. The fourth-order valence-corrected chi connectivity index (χ4v) is 1.95. The van der Waals surface area contributed by atoms with E-state index in [9.17, 15) is 4.79 Å². The normalized spacial score (nSPS) is 17.6. The Labute approximate surface area is 103 Å². The largest absolute Gasteiger partial charge is 0.477 e. The number of rotatable bonds is 2. The van der Waals surface area contributed by atoms with Crippen LogP contribution in [-0.2, 0) is 4.79 Å². The van der Waals surface area contributed by atoms with Crippen molar-refractivity contribution in [3.05, 3.63) is 54.0 Å². The average Bonchev–Trinajstić information content (AvgIpc) is 2.86. The van der Waals surface area contributed by atoms with E-state index in [4.69, 9.17) is 5.11 Å². The van der Waals surface area contributed by atoms with Crippen LogP contribution in [0.5, 0.6) is 0 Å². The molecule has 1 atom stereocenters. The molecule has 2 N–H and O–H groups in total. The van der Waals surface area contributed by atoms with Crippen LogP contribution < -0.4 is 5.32 Å². The molecule has 3 rings (SSSR count). The van der Waals surface area contributed by atoms with E-state index in [-0.39, 0.29) is 11.7 Å². The lowest BCUT2D eigenvalue weighted by Crippen LogP contribution is -2.24. The third kappa shape index (κ3) is 1.64. The lowest BCUT2D eigenvalue weighted by molar-refractivity contribution is -0.132. The molecular formula is C12H10N4O2. The number of anilines is 1. The van der Waals surface area contributed by atoms with Crippen molar-refractivity contribution >= 4 is 11.9 Å². The summed E-state index contributed by atoms with van der Waals surface area (Å²) in [6.45, 7) is 0. The molecule has 0 saturated heterocycles. The highest BCUT2D eigenvalue weighted by Gasteiger charge is 2.25. The summed E-state index contributed by atoms with van der Waals surface area (Å²) < 4.78 is 1.65. The maximum Gasteiger partial charge on any atom is 0.352 e. The lowest BCUT2D eigenvalue weighted by atomic mass is 10.0. The standard InChI is InChI=1S/C12H10N4O2/c17-11(18)9-6-10(8-4-2-1-3-5-8)16-12(15-9)13-7-14-16/h1-7,10H,(H,17,18)(H,13,14,15)/t10-/m0/s1. The lowest BCUT2D eigenvalue weighted by Gasteiger charge is -2.22. The summed E-state index contributed by atoms with van der Waals surface area (Å²) in [5.41, 5.74) is 1.08. The first-order valence-corrected chi connectivity index (χ1v) is 5.42.